The van der Waals surface area contributed by atoms with Gasteiger partial charge in [-0.05, 0) is 12.1 Å². The average Bonchev–Trinajstić information content (AvgIpc) is 2.34. The molecule has 0 amide bonds. The summed E-state index contributed by atoms with van der Waals surface area (Å²) in [6.45, 7) is 3.62. The Morgan fingerprint density at radius 3 is 2.78 bits per heavy atom. The standard InChI is InChI=1S/C11H11ClN2O4/c1-7(12)6-13-9-5-8(11(15)18-2)3-4-10(9)14(16)17/h3-5,13H,1,6H2,2H3. The van der Waals surface area contributed by atoms with E-state index >= 15 is 0 Å². The minimum Gasteiger partial charge on any atom is -0.465 e. The Labute approximate surface area is 108 Å². The first-order chi connectivity index (χ1) is 8.45. The SMILES string of the molecule is C=C(Cl)CNc1cc(C(=O)OC)ccc1[N+](=O)[O-]. The van der Waals surface area contributed by atoms with Gasteiger partial charge in [-0.15, -0.1) is 0 Å². The van der Waals surface area contributed by atoms with Crippen molar-refractivity contribution in [2.75, 3.05) is 19.0 Å². The van der Waals surface area contributed by atoms with Gasteiger partial charge >= 0.3 is 5.97 Å². The number of ether oxygens (including phenoxy) is 1. The van der Waals surface area contributed by atoms with Crippen molar-refractivity contribution in [2.24, 2.45) is 0 Å². The Bertz CT molecular complexity index is 502. The van der Waals surface area contributed by atoms with Gasteiger partial charge in [0, 0.05) is 11.1 Å². The Kier molecular flexibility index (Phi) is 4.67. The van der Waals surface area contributed by atoms with E-state index in [1.807, 2.05) is 0 Å². The number of methoxy groups -OCH3 is 1. The molecule has 0 aromatic heterocycles. The summed E-state index contributed by atoms with van der Waals surface area (Å²) in [7, 11) is 1.23. The maximum absolute atomic E-state index is 11.3. The second kappa shape index (κ2) is 6.02. The van der Waals surface area contributed by atoms with Crippen LogP contribution in [0.25, 0.3) is 0 Å². The van der Waals surface area contributed by atoms with Gasteiger partial charge in [-0.1, -0.05) is 18.2 Å². The van der Waals surface area contributed by atoms with E-state index in [0.29, 0.717) is 5.03 Å². The van der Waals surface area contributed by atoms with Gasteiger partial charge < -0.3 is 10.1 Å². The molecule has 0 aliphatic rings. The van der Waals surface area contributed by atoms with Crippen LogP contribution in [-0.4, -0.2) is 24.5 Å². The molecule has 0 unspecified atom stereocenters. The van der Waals surface area contributed by atoms with Crippen molar-refractivity contribution in [1.82, 2.24) is 0 Å². The van der Waals surface area contributed by atoms with E-state index in [1.54, 1.807) is 0 Å². The summed E-state index contributed by atoms with van der Waals surface area (Å²) < 4.78 is 4.54. The fraction of sp³-hybridized carbons (Fsp3) is 0.182. The van der Waals surface area contributed by atoms with Crippen LogP contribution in [-0.2, 0) is 4.74 Å². The number of esters is 1. The minimum atomic E-state index is -0.572. The number of hydrogen-bond donors (Lipinski definition) is 1. The lowest BCUT2D eigenvalue weighted by Gasteiger charge is -2.07. The summed E-state index contributed by atoms with van der Waals surface area (Å²) in [6.07, 6.45) is 0. The van der Waals surface area contributed by atoms with Crippen LogP contribution in [0.2, 0.25) is 0 Å². The number of halogens is 1. The molecule has 0 radical (unpaired) electrons. The second-order valence-corrected chi connectivity index (χ2v) is 3.89. The molecular formula is C11H11ClN2O4. The Balaban J connectivity index is 3.11. The number of hydrogen-bond acceptors (Lipinski definition) is 5. The first kappa shape index (κ1) is 14.0. The molecule has 0 fully saturated rings. The monoisotopic (exact) mass is 270 g/mol. The number of rotatable bonds is 5. The van der Waals surface area contributed by atoms with Gasteiger partial charge in [0.25, 0.3) is 5.69 Å². The van der Waals surface area contributed by atoms with E-state index in [-0.39, 0.29) is 23.5 Å². The maximum Gasteiger partial charge on any atom is 0.337 e. The molecule has 0 saturated carbocycles. The quantitative estimate of drug-likeness (QED) is 0.505. The molecule has 18 heavy (non-hydrogen) atoms. The number of anilines is 1. The zero-order valence-corrected chi connectivity index (χ0v) is 10.4. The molecular weight excluding hydrogens is 260 g/mol. The van der Waals surface area contributed by atoms with E-state index in [9.17, 15) is 14.9 Å². The maximum atomic E-state index is 11.3. The van der Waals surface area contributed by atoms with E-state index in [0.717, 1.165) is 0 Å². The molecule has 1 rings (SSSR count). The zero-order valence-electron chi connectivity index (χ0n) is 9.60. The van der Waals surface area contributed by atoms with Crippen molar-refractivity contribution < 1.29 is 14.5 Å². The molecule has 0 aliphatic carbocycles. The molecule has 7 heteroatoms. The second-order valence-electron chi connectivity index (χ2n) is 3.35. The van der Waals surface area contributed by atoms with Crippen LogP contribution >= 0.6 is 11.6 Å². The van der Waals surface area contributed by atoms with E-state index in [4.69, 9.17) is 11.6 Å². The molecule has 96 valence electrons. The summed E-state index contributed by atoms with van der Waals surface area (Å²) in [6, 6.07) is 3.89. The van der Waals surface area contributed by atoms with Crippen LogP contribution in [0.1, 0.15) is 10.4 Å². The lowest BCUT2D eigenvalue weighted by molar-refractivity contribution is -0.384. The van der Waals surface area contributed by atoms with Crippen LogP contribution < -0.4 is 5.32 Å². The molecule has 1 N–H and O–H groups in total. The van der Waals surface area contributed by atoms with Crippen LogP contribution in [0.5, 0.6) is 0 Å². The fourth-order valence-corrected chi connectivity index (χ4v) is 1.34. The summed E-state index contributed by atoms with van der Waals surface area (Å²) in [5.74, 6) is -0.572. The average molecular weight is 271 g/mol. The van der Waals surface area contributed by atoms with E-state index in [2.05, 4.69) is 16.6 Å². The molecule has 1 aromatic rings. The van der Waals surface area contributed by atoms with Crippen molar-refractivity contribution in [3.05, 3.63) is 45.5 Å². The molecule has 1 aromatic carbocycles. The lowest BCUT2D eigenvalue weighted by atomic mass is 10.1. The molecule has 0 bridgehead atoms. The van der Waals surface area contributed by atoms with Gasteiger partial charge in [0.2, 0.25) is 0 Å². The predicted molar refractivity (Wildman–Crippen MR) is 67.9 cm³/mol. The summed E-state index contributed by atoms with van der Waals surface area (Å²) >= 11 is 5.57. The Hall–Kier alpha value is -2.08. The number of nitrogens with zero attached hydrogens (tertiary/aromatic N) is 1. The van der Waals surface area contributed by atoms with Gasteiger partial charge in [-0.3, -0.25) is 10.1 Å². The third-order valence-electron chi connectivity index (χ3n) is 2.09. The number of nitro groups is 1. The number of benzene rings is 1. The van der Waals surface area contributed by atoms with Crippen molar-refractivity contribution in [1.29, 1.82) is 0 Å². The minimum absolute atomic E-state index is 0.152. The van der Waals surface area contributed by atoms with Gasteiger partial charge in [0.1, 0.15) is 5.69 Å². The fourth-order valence-electron chi connectivity index (χ4n) is 1.27. The number of nitrogens with one attached hydrogen (secondary N) is 1. The zero-order chi connectivity index (χ0) is 13.7. The largest absolute Gasteiger partial charge is 0.465 e. The highest BCUT2D eigenvalue weighted by atomic mass is 35.5. The summed E-state index contributed by atoms with van der Waals surface area (Å²) in [4.78, 5) is 21.6. The highest BCUT2D eigenvalue weighted by Crippen LogP contribution is 2.26. The highest BCUT2D eigenvalue weighted by Gasteiger charge is 2.16. The first-order valence-corrected chi connectivity index (χ1v) is 5.27. The van der Waals surface area contributed by atoms with Crippen LogP contribution in [0.4, 0.5) is 11.4 Å². The topological polar surface area (TPSA) is 81.5 Å². The number of carbonyl (C=O) groups excluding carboxylic acids is 1. The first-order valence-electron chi connectivity index (χ1n) is 4.89. The van der Waals surface area contributed by atoms with Gasteiger partial charge in [0.15, 0.2) is 0 Å². The molecule has 0 aliphatic heterocycles. The summed E-state index contributed by atoms with van der Waals surface area (Å²) in [5.41, 5.74) is 0.246. The smallest absolute Gasteiger partial charge is 0.337 e. The van der Waals surface area contributed by atoms with Crippen LogP contribution in [0.15, 0.2) is 29.8 Å². The van der Waals surface area contributed by atoms with Crippen LogP contribution in [0, 0.1) is 10.1 Å². The molecule has 0 heterocycles. The third kappa shape index (κ3) is 3.46. The lowest BCUT2D eigenvalue weighted by Crippen LogP contribution is -2.07. The van der Waals surface area contributed by atoms with Gasteiger partial charge in [-0.25, -0.2) is 4.79 Å². The van der Waals surface area contributed by atoms with Crippen molar-refractivity contribution in [3.63, 3.8) is 0 Å². The van der Waals surface area contributed by atoms with Crippen molar-refractivity contribution >= 4 is 28.9 Å². The third-order valence-corrected chi connectivity index (χ3v) is 2.22. The molecule has 6 nitrogen and oxygen atoms in total. The van der Waals surface area contributed by atoms with Crippen LogP contribution in [0.3, 0.4) is 0 Å². The highest BCUT2D eigenvalue weighted by molar-refractivity contribution is 6.29. The molecule has 0 atom stereocenters. The summed E-state index contributed by atoms with van der Waals surface area (Å²) in [5, 5.41) is 13.8. The molecule has 0 saturated heterocycles. The van der Waals surface area contributed by atoms with Crippen molar-refractivity contribution in [2.45, 2.75) is 0 Å². The van der Waals surface area contributed by atoms with E-state index in [1.165, 1.54) is 25.3 Å². The van der Waals surface area contributed by atoms with Gasteiger partial charge in [-0.2, -0.15) is 0 Å². The molecule has 0 spiro atoms. The normalized spacial score (nSPS) is 9.67. The van der Waals surface area contributed by atoms with E-state index < -0.39 is 10.9 Å². The number of nitro benzene ring substituents is 1. The Morgan fingerprint density at radius 2 is 2.28 bits per heavy atom. The number of carbonyl (C=O) groups is 1. The predicted octanol–water partition coefficient (Wildman–Crippen LogP) is 2.55. The van der Waals surface area contributed by atoms with Crippen molar-refractivity contribution in [3.8, 4) is 0 Å². The Morgan fingerprint density at radius 1 is 1.61 bits per heavy atom. The van der Waals surface area contributed by atoms with Gasteiger partial charge in [0.05, 0.1) is 24.1 Å².